The lowest BCUT2D eigenvalue weighted by molar-refractivity contribution is 0.156. The van der Waals surface area contributed by atoms with Gasteiger partial charge in [-0.05, 0) is 41.2 Å². The van der Waals surface area contributed by atoms with Crippen LogP contribution in [0.25, 0.3) is 0 Å². The molecule has 0 amide bonds. The van der Waals surface area contributed by atoms with E-state index < -0.39 is 10.0 Å². The van der Waals surface area contributed by atoms with Gasteiger partial charge in [0.15, 0.2) is 0 Å². The smallest absolute Gasteiger partial charge is 0.240 e. The molecule has 6 nitrogen and oxygen atoms in total. The molecule has 1 aromatic rings. The van der Waals surface area contributed by atoms with Gasteiger partial charge in [0.05, 0.1) is 16.5 Å². The van der Waals surface area contributed by atoms with Gasteiger partial charge < -0.3 is 9.64 Å². The third kappa shape index (κ3) is 4.66. The number of likely N-dealkylation sites (N-methyl/N-ethyl adjacent to an activating group) is 1. The van der Waals surface area contributed by atoms with Gasteiger partial charge >= 0.3 is 0 Å². The molecule has 2 rings (SSSR count). The average Bonchev–Trinajstić information content (AvgIpc) is 2.49. The van der Waals surface area contributed by atoms with E-state index in [1.54, 1.807) is 25.3 Å². The number of sulfonamides is 1. The van der Waals surface area contributed by atoms with Crippen molar-refractivity contribution < 1.29 is 13.2 Å². The number of nitrogens with zero attached hydrogens (tertiary/aromatic N) is 2. The minimum atomic E-state index is -3.49. The Morgan fingerprint density at radius 2 is 1.95 bits per heavy atom. The number of methoxy groups -OCH3 is 1. The molecular weight excluding hydrogens is 370 g/mol. The zero-order chi connectivity index (χ0) is 16.2. The predicted octanol–water partition coefficient (Wildman–Crippen LogP) is 0.983. The first kappa shape index (κ1) is 17.7. The largest absolute Gasteiger partial charge is 0.496 e. The number of benzene rings is 1. The fourth-order valence-corrected chi connectivity index (χ4v) is 4.05. The van der Waals surface area contributed by atoms with E-state index in [0.29, 0.717) is 16.8 Å². The lowest BCUT2D eigenvalue weighted by atomic mass is 10.3. The van der Waals surface area contributed by atoms with Crippen molar-refractivity contribution >= 4 is 26.0 Å². The summed E-state index contributed by atoms with van der Waals surface area (Å²) in [6.45, 7) is 5.15. The quantitative estimate of drug-likeness (QED) is 0.782. The van der Waals surface area contributed by atoms with Crippen molar-refractivity contribution in [1.29, 1.82) is 0 Å². The molecule has 0 radical (unpaired) electrons. The van der Waals surface area contributed by atoms with E-state index in [9.17, 15) is 8.42 Å². The van der Waals surface area contributed by atoms with Crippen LogP contribution in [-0.2, 0) is 10.0 Å². The topological polar surface area (TPSA) is 61.9 Å². The summed E-state index contributed by atoms with van der Waals surface area (Å²) < 4.78 is 32.9. The Balaban J connectivity index is 1.89. The summed E-state index contributed by atoms with van der Waals surface area (Å²) in [4.78, 5) is 4.78. The van der Waals surface area contributed by atoms with Crippen molar-refractivity contribution in [3.05, 3.63) is 22.7 Å². The van der Waals surface area contributed by atoms with E-state index in [1.807, 2.05) is 0 Å². The number of hydrogen-bond donors (Lipinski definition) is 1. The Kier molecular flexibility index (Phi) is 6.22. The third-order valence-electron chi connectivity index (χ3n) is 3.75. The highest BCUT2D eigenvalue weighted by Crippen LogP contribution is 2.27. The van der Waals surface area contributed by atoms with E-state index in [4.69, 9.17) is 4.74 Å². The zero-order valence-electron chi connectivity index (χ0n) is 12.9. The van der Waals surface area contributed by atoms with Crippen molar-refractivity contribution in [3.8, 4) is 5.75 Å². The highest BCUT2D eigenvalue weighted by molar-refractivity contribution is 9.10. The van der Waals surface area contributed by atoms with Gasteiger partial charge in [-0.1, -0.05) is 0 Å². The lowest BCUT2D eigenvalue weighted by Crippen LogP contribution is -2.46. The van der Waals surface area contributed by atoms with Gasteiger partial charge in [-0.15, -0.1) is 0 Å². The lowest BCUT2D eigenvalue weighted by Gasteiger charge is -2.32. The maximum absolute atomic E-state index is 12.3. The molecule has 0 atom stereocenters. The van der Waals surface area contributed by atoms with E-state index in [-0.39, 0.29) is 4.90 Å². The first-order valence-corrected chi connectivity index (χ1v) is 9.44. The van der Waals surface area contributed by atoms with Gasteiger partial charge in [0.2, 0.25) is 10.0 Å². The Hall–Kier alpha value is -0.670. The molecular formula is C14H22BrN3O3S. The van der Waals surface area contributed by atoms with Gasteiger partial charge in [0.1, 0.15) is 5.75 Å². The molecule has 1 aliphatic rings. The summed E-state index contributed by atoms with van der Waals surface area (Å²) in [5.41, 5.74) is 0. The van der Waals surface area contributed by atoms with Gasteiger partial charge in [0, 0.05) is 39.3 Å². The Morgan fingerprint density at radius 1 is 1.27 bits per heavy atom. The molecule has 1 N–H and O–H groups in total. The van der Waals surface area contributed by atoms with Crippen molar-refractivity contribution in [2.24, 2.45) is 0 Å². The van der Waals surface area contributed by atoms with Gasteiger partial charge in [0.25, 0.3) is 0 Å². The summed E-state index contributed by atoms with van der Waals surface area (Å²) in [5.74, 6) is 0.608. The number of halogens is 1. The predicted molar refractivity (Wildman–Crippen MR) is 89.8 cm³/mol. The number of ether oxygens (including phenoxy) is 1. The van der Waals surface area contributed by atoms with Gasteiger partial charge in [-0.25, -0.2) is 13.1 Å². The summed E-state index contributed by atoms with van der Waals surface area (Å²) in [6, 6.07) is 4.73. The van der Waals surface area contributed by atoms with Crippen molar-refractivity contribution in [2.45, 2.75) is 4.90 Å². The maximum atomic E-state index is 12.3. The van der Waals surface area contributed by atoms with E-state index in [1.165, 1.54) is 0 Å². The van der Waals surface area contributed by atoms with Crippen LogP contribution in [0.5, 0.6) is 5.75 Å². The number of hydrogen-bond acceptors (Lipinski definition) is 5. The van der Waals surface area contributed by atoms with Crippen LogP contribution in [-0.4, -0.2) is 71.6 Å². The molecule has 22 heavy (non-hydrogen) atoms. The highest BCUT2D eigenvalue weighted by Gasteiger charge is 2.17. The molecule has 0 spiro atoms. The molecule has 1 aromatic carbocycles. The normalized spacial score (nSPS) is 17.6. The molecule has 0 bridgehead atoms. The molecule has 124 valence electrons. The van der Waals surface area contributed by atoms with Crippen LogP contribution < -0.4 is 9.46 Å². The summed E-state index contributed by atoms with van der Waals surface area (Å²) in [5, 5.41) is 0. The van der Waals surface area contributed by atoms with E-state index in [0.717, 1.165) is 32.7 Å². The van der Waals surface area contributed by atoms with Crippen LogP contribution in [0.15, 0.2) is 27.6 Å². The fraction of sp³-hybridized carbons (Fsp3) is 0.571. The summed E-state index contributed by atoms with van der Waals surface area (Å²) in [6.07, 6.45) is 0. The number of nitrogens with one attached hydrogen (secondary N) is 1. The molecule has 1 fully saturated rings. The summed E-state index contributed by atoms with van der Waals surface area (Å²) in [7, 11) is 0.151. The second kappa shape index (κ2) is 7.74. The van der Waals surface area contributed by atoms with Crippen molar-refractivity contribution in [3.63, 3.8) is 0 Å². The molecule has 8 heteroatoms. The molecule has 1 aliphatic heterocycles. The molecule has 0 unspecified atom stereocenters. The van der Waals surface area contributed by atoms with Crippen molar-refractivity contribution in [2.75, 3.05) is 53.4 Å². The van der Waals surface area contributed by atoms with Crippen LogP contribution >= 0.6 is 15.9 Å². The third-order valence-corrected chi connectivity index (χ3v) is 5.83. The zero-order valence-corrected chi connectivity index (χ0v) is 15.3. The molecule has 0 saturated carbocycles. The standard InChI is InChI=1S/C14H22BrN3O3S/c1-17-7-9-18(10-8-17)6-5-16-22(19,20)12-3-4-14(21-2)13(15)11-12/h3-4,11,16H,5-10H2,1-2H3. The molecule has 0 aromatic heterocycles. The monoisotopic (exact) mass is 391 g/mol. The average molecular weight is 392 g/mol. The Bertz CT molecular complexity index is 601. The van der Waals surface area contributed by atoms with E-state index in [2.05, 4.69) is 37.5 Å². The van der Waals surface area contributed by atoms with Crippen LogP contribution in [0.1, 0.15) is 0 Å². The van der Waals surface area contributed by atoms with Crippen LogP contribution in [0.2, 0.25) is 0 Å². The van der Waals surface area contributed by atoms with Gasteiger partial charge in [-0.2, -0.15) is 0 Å². The minimum Gasteiger partial charge on any atom is -0.496 e. The minimum absolute atomic E-state index is 0.235. The van der Waals surface area contributed by atoms with Crippen LogP contribution in [0.4, 0.5) is 0 Å². The van der Waals surface area contributed by atoms with Crippen LogP contribution in [0, 0.1) is 0 Å². The summed E-state index contributed by atoms with van der Waals surface area (Å²) >= 11 is 3.31. The number of piperazine rings is 1. The highest BCUT2D eigenvalue weighted by atomic mass is 79.9. The van der Waals surface area contributed by atoms with Crippen molar-refractivity contribution in [1.82, 2.24) is 14.5 Å². The first-order chi connectivity index (χ1) is 10.4. The van der Waals surface area contributed by atoms with Gasteiger partial charge in [-0.3, -0.25) is 4.90 Å². The molecule has 0 aliphatic carbocycles. The fourth-order valence-electron chi connectivity index (χ4n) is 2.31. The Labute approximate surface area is 140 Å². The Morgan fingerprint density at radius 3 is 2.55 bits per heavy atom. The second-order valence-corrected chi connectivity index (χ2v) is 7.96. The second-order valence-electron chi connectivity index (χ2n) is 5.34. The van der Waals surface area contributed by atoms with Crippen LogP contribution in [0.3, 0.4) is 0 Å². The molecule has 1 heterocycles. The SMILES string of the molecule is COc1ccc(S(=O)(=O)NCCN2CCN(C)CC2)cc1Br. The first-order valence-electron chi connectivity index (χ1n) is 7.16. The maximum Gasteiger partial charge on any atom is 0.240 e. The number of rotatable bonds is 6. The molecule has 1 saturated heterocycles. The van der Waals surface area contributed by atoms with E-state index >= 15 is 0 Å².